The van der Waals surface area contributed by atoms with E-state index < -0.39 is 0 Å². The molecule has 2 aliphatic rings. The smallest absolute Gasteiger partial charge is 0.317 e. The number of nitrogens with zero attached hydrogens (tertiary/aromatic N) is 3. The minimum absolute atomic E-state index is 0.0981. The second-order valence-corrected chi connectivity index (χ2v) is 9.11. The normalized spacial score (nSPS) is 21.9. The van der Waals surface area contributed by atoms with Gasteiger partial charge in [-0.1, -0.05) is 29.3 Å². The number of aromatic amines is 1. The molecule has 160 valence electrons. The van der Waals surface area contributed by atoms with Crippen LogP contribution in [0.1, 0.15) is 30.5 Å². The number of carbonyl (C=O) groups excluding carboxylic acids is 1. The Hall–Kier alpha value is -2.09. The maximum absolute atomic E-state index is 12.7. The number of aromatic nitrogens is 2. The van der Waals surface area contributed by atoms with Crippen molar-refractivity contribution in [3.8, 4) is 0 Å². The van der Waals surface area contributed by atoms with Crippen LogP contribution in [-0.4, -0.2) is 52.0 Å². The standard InChI is InChI=1S/C21H25Cl2N5O2/c22-17-3-2-15(8-18(17)23)11-27-7-5-21(12-27)4-1-6-28(13-21)20(30)24-10-16-9-19(29)26-14-25-16/h2-3,8-9,14H,1,4-7,10-13H2,(H,24,30)(H,25,26,29). The molecule has 0 radical (unpaired) electrons. The van der Waals surface area contributed by atoms with Crippen LogP contribution in [-0.2, 0) is 13.1 Å². The summed E-state index contributed by atoms with van der Waals surface area (Å²) in [4.78, 5) is 34.9. The molecule has 30 heavy (non-hydrogen) atoms. The molecule has 2 fully saturated rings. The van der Waals surface area contributed by atoms with Crippen LogP contribution >= 0.6 is 23.2 Å². The summed E-state index contributed by atoms with van der Waals surface area (Å²) in [5, 5.41) is 4.05. The quantitative estimate of drug-likeness (QED) is 0.750. The van der Waals surface area contributed by atoms with Crippen LogP contribution in [0.4, 0.5) is 4.79 Å². The molecule has 4 rings (SSSR count). The van der Waals surface area contributed by atoms with Crippen molar-refractivity contribution < 1.29 is 4.79 Å². The van der Waals surface area contributed by atoms with Gasteiger partial charge in [0.05, 0.1) is 28.6 Å². The second kappa shape index (κ2) is 8.96. The van der Waals surface area contributed by atoms with Gasteiger partial charge < -0.3 is 15.2 Å². The van der Waals surface area contributed by atoms with Gasteiger partial charge in [0.15, 0.2) is 0 Å². The second-order valence-electron chi connectivity index (χ2n) is 8.30. The Balaban J connectivity index is 1.33. The Kier molecular flexibility index (Phi) is 6.32. The van der Waals surface area contributed by atoms with Crippen molar-refractivity contribution in [2.45, 2.75) is 32.4 Å². The van der Waals surface area contributed by atoms with E-state index in [1.54, 1.807) is 0 Å². The molecule has 9 heteroatoms. The maximum atomic E-state index is 12.7. The number of benzene rings is 1. The van der Waals surface area contributed by atoms with Crippen LogP contribution in [0, 0.1) is 5.41 Å². The number of H-pyrrole nitrogens is 1. The summed E-state index contributed by atoms with van der Waals surface area (Å²) >= 11 is 12.2. The van der Waals surface area contributed by atoms with Crippen LogP contribution in [0.5, 0.6) is 0 Å². The van der Waals surface area contributed by atoms with Gasteiger partial charge in [0.25, 0.3) is 5.56 Å². The molecule has 2 saturated heterocycles. The molecule has 0 saturated carbocycles. The first-order chi connectivity index (χ1) is 14.4. The molecule has 0 aliphatic carbocycles. The highest BCUT2D eigenvalue weighted by Gasteiger charge is 2.42. The summed E-state index contributed by atoms with van der Waals surface area (Å²) in [5.74, 6) is 0. The Morgan fingerprint density at radius 2 is 2.03 bits per heavy atom. The molecule has 1 aromatic carbocycles. The number of likely N-dealkylation sites (tertiary alicyclic amines) is 2. The Labute approximate surface area is 185 Å². The fraction of sp³-hybridized carbons (Fsp3) is 0.476. The third-order valence-corrected chi connectivity index (χ3v) is 6.75. The van der Waals surface area contributed by atoms with E-state index in [1.807, 2.05) is 23.1 Å². The van der Waals surface area contributed by atoms with E-state index in [0.717, 1.165) is 57.5 Å². The van der Waals surface area contributed by atoms with Gasteiger partial charge in [-0.25, -0.2) is 9.78 Å². The molecule has 2 aromatic rings. The molecule has 0 bridgehead atoms. The number of urea groups is 1. The summed E-state index contributed by atoms with van der Waals surface area (Å²) in [5.41, 5.74) is 1.61. The zero-order valence-electron chi connectivity index (χ0n) is 16.7. The first-order valence-electron chi connectivity index (χ1n) is 10.2. The van der Waals surface area contributed by atoms with Crippen molar-refractivity contribution in [2.24, 2.45) is 5.41 Å². The predicted octanol–water partition coefficient (Wildman–Crippen LogP) is 3.27. The van der Waals surface area contributed by atoms with Crippen molar-refractivity contribution in [1.29, 1.82) is 0 Å². The Morgan fingerprint density at radius 1 is 1.17 bits per heavy atom. The summed E-state index contributed by atoms with van der Waals surface area (Å²) in [6.45, 7) is 4.55. The van der Waals surface area contributed by atoms with Crippen molar-refractivity contribution in [2.75, 3.05) is 26.2 Å². The molecular weight excluding hydrogens is 425 g/mol. The topological polar surface area (TPSA) is 81.3 Å². The van der Waals surface area contributed by atoms with Crippen molar-refractivity contribution in [1.82, 2.24) is 25.1 Å². The van der Waals surface area contributed by atoms with E-state index in [9.17, 15) is 9.59 Å². The zero-order valence-corrected chi connectivity index (χ0v) is 18.2. The van der Waals surface area contributed by atoms with E-state index in [4.69, 9.17) is 23.2 Å². The lowest BCUT2D eigenvalue weighted by Crippen LogP contribution is -2.50. The van der Waals surface area contributed by atoms with Gasteiger partial charge in [-0.3, -0.25) is 9.69 Å². The van der Waals surface area contributed by atoms with Gasteiger partial charge in [-0.2, -0.15) is 0 Å². The highest BCUT2D eigenvalue weighted by molar-refractivity contribution is 6.42. The van der Waals surface area contributed by atoms with Crippen LogP contribution in [0.25, 0.3) is 0 Å². The highest BCUT2D eigenvalue weighted by Crippen LogP contribution is 2.39. The lowest BCUT2D eigenvalue weighted by atomic mass is 9.79. The Morgan fingerprint density at radius 3 is 2.83 bits per heavy atom. The van der Waals surface area contributed by atoms with Crippen LogP contribution in [0.2, 0.25) is 10.0 Å². The molecule has 2 aliphatic heterocycles. The predicted molar refractivity (Wildman–Crippen MR) is 117 cm³/mol. The third kappa shape index (κ3) is 4.96. The van der Waals surface area contributed by atoms with Gasteiger partial charge in [0.1, 0.15) is 0 Å². The van der Waals surface area contributed by atoms with Gasteiger partial charge in [-0.15, -0.1) is 0 Å². The molecule has 1 aromatic heterocycles. The number of amides is 2. The first kappa shape index (κ1) is 21.2. The van der Waals surface area contributed by atoms with Crippen molar-refractivity contribution in [3.05, 3.63) is 62.2 Å². The number of carbonyl (C=O) groups is 1. The lowest BCUT2D eigenvalue weighted by molar-refractivity contribution is 0.107. The van der Waals surface area contributed by atoms with Gasteiger partial charge in [-0.05, 0) is 43.5 Å². The SMILES string of the molecule is O=C(NCc1cc(=O)[nH]cn1)N1CCCC2(CCN(Cc3ccc(Cl)c(Cl)c3)C2)C1. The first-order valence-corrected chi connectivity index (χ1v) is 10.9. The molecule has 3 heterocycles. The molecule has 2 amide bonds. The number of piperidine rings is 1. The fourth-order valence-corrected chi connectivity index (χ4v) is 4.88. The van der Waals surface area contributed by atoms with E-state index in [-0.39, 0.29) is 23.6 Å². The fourth-order valence-electron chi connectivity index (χ4n) is 4.56. The molecule has 2 N–H and O–H groups in total. The van der Waals surface area contributed by atoms with Gasteiger partial charge >= 0.3 is 6.03 Å². The van der Waals surface area contributed by atoms with E-state index in [2.05, 4.69) is 20.2 Å². The summed E-state index contributed by atoms with van der Waals surface area (Å²) in [6, 6.07) is 7.09. The minimum atomic E-state index is -0.223. The van der Waals surface area contributed by atoms with Crippen LogP contribution in [0.3, 0.4) is 0 Å². The number of nitrogens with one attached hydrogen (secondary N) is 2. The van der Waals surface area contributed by atoms with E-state index >= 15 is 0 Å². The number of rotatable bonds is 4. The molecule has 1 unspecified atom stereocenters. The van der Waals surface area contributed by atoms with E-state index in [0.29, 0.717) is 15.7 Å². The van der Waals surface area contributed by atoms with Crippen LogP contribution in [0.15, 0.2) is 35.4 Å². The van der Waals surface area contributed by atoms with Crippen molar-refractivity contribution in [3.63, 3.8) is 0 Å². The summed E-state index contributed by atoms with van der Waals surface area (Å²) in [6.07, 6.45) is 4.55. The zero-order chi connectivity index (χ0) is 21.1. The average Bonchev–Trinajstić information content (AvgIpc) is 3.10. The highest BCUT2D eigenvalue weighted by atomic mass is 35.5. The Bertz CT molecular complexity index is 982. The monoisotopic (exact) mass is 449 g/mol. The van der Waals surface area contributed by atoms with Gasteiger partial charge in [0, 0.05) is 37.7 Å². The largest absolute Gasteiger partial charge is 0.332 e. The molecular formula is C21H25Cl2N5O2. The lowest BCUT2D eigenvalue weighted by Gasteiger charge is -2.40. The third-order valence-electron chi connectivity index (χ3n) is 6.01. The molecule has 1 spiro atoms. The van der Waals surface area contributed by atoms with Crippen LogP contribution < -0.4 is 10.9 Å². The minimum Gasteiger partial charge on any atom is -0.332 e. The maximum Gasteiger partial charge on any atom is 0.317 e. The van der Waals surface area contributed by atoms with Crippen molar-refractivity contribution >= 4 is 29.2 Å². The van der Waals surface area contributed by atoms with E-state index in [1.165, 1.54) is 12.4 Å². The summed E-state index contributed by atoms with van der Waals surface area (Å²) < 4.78 is 0. The molecule has 7 nitrogen and oxygen atoms in total. The number of halogens is 2. The van der Waals surface area contributed by atoms with Gasteiger partial charge in [0.2, 0.25) is 0 Å². The molecule has 1 atom stereocenters. The average molecular weight is 450 g/mol. The number of hydrogen-bond donors (Lipinski definition) is 2. The number of hydrogen-bond acceptors (Lipinski definition) is 4. The summed E-state index contributed by atoms with van der Waals surface area (Å²) in [7, 11) is 0.